The number of halogens is 1. The van der Waals surface area contributed by atoms with Gasteiger partial charge in [0.1, 0.15) is 16.8 Å². The van der Waals surface area contributed by atoms with Crippen molar-refractivity contribution in [2.24, 2.45) is 4.99 Å². The van der Waals surface area contributed by atoms with Crippen molar-refractivity contribution < 1.29 is 17.4 Å². The van der Waals surface area contributed by atoms with Crippen molar-refractivity contribution in [3.8, 4) is 5.69 Å². The number of aliphatic imine (C=N–C) groups is 1. The summed E-state index contributed by atoms with van der Waals surface area (Å²) < 4.78 is 32.7. The number of nitrogens with zero attached hydrogens (tertiary/aromatic N) is 4. The number of imidazole rings is 1. The molecule has 0 spiro atoms. The van der Waals surface area contributed by atoms with Crippen LogP contribution in [0.3, 0.4) is 0 Å². The molecule has 0 saturated carbocycles. The molecule has 1 aliphatic rings. The summed E-state index contributed by atoms with van der Waals surface area (Å²) in [7, 11) is -4.20. The lowest BCUT2D eigenvalue weighted by Gasteiger charge is -2.14. The van der Waals surface area contributed by atoms with Crippen LogP contribution in [0.25, 0.3) is 5.69 Å². The fourth-order valence-corrected chi connectivity index (χ4v) is 5.41. The molecule has 0 amide bonds. The Balaban J connectivity index is 1.50. The quantitative estimate of drug-likeness (QED) is 0.307. The highest BCUT2D eigenvalue weighted by Crippen LogP contribution is 2.34. The number of rotatable bonds is 6. The first kappa shape index (κ1) is 24.1. The van der Waals surface area contributed by atoms with Crippen LogP contribution in [0.4, 0.5) is 0 Å². The third kappa shape index (κ3) is 4.74. The van der Waals surface area contributed by atoms with Crippen molar-refractivity contribution in [2.75, 3.05) is 0 Å². The summed E-state index contributed by atoms with van der Waals surface area (Å²) in [4.78, 5) is 26.6. The van der Waals surface area contributed by atoms with Crippen LogP contribution < -0.4 is 0 Å². The first-order valence-electron chi connectivity index (χ1n) is 11.2. The summed E-state index contributed by atoms with van der Waals surface area (Å²) >= 11 is 3.56. The van der Waals surface area contributed by atoms with Crippen LogP contribution in [0.15, 0.2) is 93.5 Å². The molecule has 1 atom stereocenters. The highest BCUT2D eigenvalue weighted by Gasteiger charge is 2.29. The first-order chi connectivity index (χ1) is 17.3. The number of pyridine rings is 1. The molecule has 4 aromatic rings. The van der Waals surface area contributed by atoms with Crippen LogP contribution in [0.2, 0.25) is 0 Å². The van der Waals surface area contributed by atoms with Crippen molar-refractivity contribution in [3.63, 3.8) is 0 Å². The van der Waals surface area contributed by atoms with Crippen LogP contribution in [-0.4, -0.2) is 34.6 Å². The molecule has 0 N–H and O–H groups in total. The van der Waals surface area contributed by atoms with Gasteiger partial charge in [0.25, 0.3) is 0 Å². The topological polar surface area (TPSA) is 104 Å². The highest BCUT2D eigenvalue weighted by atomic mass is 79.9. The van der Waals surface area contributed by atoms with Gasteiger partial charge in [-0.05, 0) is 55.8 Å². The van der Waals surface area contributed by atoms with E-state index in [4.69, 9.17) is 9.18 Å². The van der Waals surface area contributed by atoms with Gasteiger partial charge in [-0.15, -0.1) is 0 Å². The van der Waals surface area contributed by atoms with E-state index in [0.29, 0.717) is 17.2 Å². The molecule has 0 saturated heterocycles. The van der Waals surface area contributed by atoms with Gasteiger partial charge < -0.3 is 4.18 Å². The largest absolute Gasteiger partial charge is 0.342 e. The van der Waals surface area contributed by atoms with E-state index >= 15 is 0 Å². The van der Waals surface area contributed by atoms with E-state index in [1.807, 2.05) is 47.9 Å². The van der Waals surface area contributed by atoms with Gasteiger partial charge in [-0.1, -0.05) is 40.2 Å². The van der Waals surface area contributed by atoms with Crippen LogP contribution in [-0.2, 0) is 19.1 Å². The zero-order chi connectivity index (χ0) is 25.3. The minimum atomic E-state index is -4.20. The lowest BCUT2D eigenvalue weighted by molar-refractivity contribution is -0.134. The van der Waals surface area contributed by atoms with Crippen LogP contribution in [0, 0.1) is 6.92 Å². The van der Waals surface area contributed by atoms with Crippen LogP contribution in [0.1, 0.15) is 41.7 Å². The number of benzene rings is 2. The number of fused-ring (bicyclic) bond motifs is 3. The molecule has 2 aromatic carbocycles. The van der Waals surface area contributed by atoms with Gasteiger partial charge in [0, 0.05) is 34.5 Å². The fourth-order valence-electron chi connectivity index (χ4n) is 4.13. The fraction of sp³-hybridized carbons (Fsp3) is 0.154. The van der Waals surface area contributed by atoms with Crippen molar-refractivity contribution >= 4 is 37.7 Å². The molecule has 2 aromatic heterocycles. The van der Waals surface area contributed by atoms with E-state index < -0.39 is 22.1 Å². The molecule has 10 heteroatoms. The maximum Gasteiger partial charge on any atom is 0.341 e. The lowest BCUT2D eigenvalue weighted by Crippen LogP contribution is -2.15. The standard InChI is InChI=1S/C26H21BrN4O4S/c1-17-16-29-26-22(11-13-24(32)35-36(33,34)19-7-3-2-4-8-19)30-25(21-9-5-6-14-28-21)20-15-18(27)10-12-23(20)31(17)26/h2-10,12,14-16,22H,11,13H2,1H3/t22-/m0/s1. The molecule has 3 heterocycles. The number of carbonyl (C=O) groups excluding carboxylic acids is 1. The maximum absolute atomic E-state index is 12.6. The number of hydrogen-bond acceptors (Lipinski definition) is 7. The summed E-state index contributed by atoms with van der Waals surface area (Å²) in [6, 6.07) is 18.6. The van der Waals surface area contributed by atoms with Gasteiger partial charge in [-0.2, -0.15) is 8.42 Å². The first-order valence-corrected chi connectivity index (χ1v) is 13.4. The average molecular weight is 565 g/mol. The number of aromatic nitrogens is 3. The molecule has 5 rings (SSSR count). The molecule has 182 valence electrons. The van der Waals surface area contributed by atoms with Crippen molar-refractivity contribution in [2.45, 2.75) is 30.7 Å². The zero-order valence-electron chi connectivity index (χ0n) is 19.2. The van der Waals surface area contributed by atoms with Gasteiger partial charge in [0.15, 0.2) is 0 Å². The summed E-state index contributed by atoms with van der Waals surface area (Å²) in [6.45, 7) is 1.95. The molecule has 0 aliphatic carbocycles. The van der Waals surface area contributed by atoms with E-state index in [-0.39, 0.29) is 17.7 Å². The molecular weight excluding hydrogens is 544 g/mol. The monoisotopic (exact) mass is 564 g/mol. The second kappa shape index (κ2) is 9.79. The van der Waals surface area contributed by atoms with Gasteiger partial charge >= 0.3 is 16.1 Å². The Morgan fingerprint density at radius 3 is 2.58 bits per heavy atom. The molecule has 0 unspecified atom stereocenters. The molecule has 0 bridgehead atoms. The normalized spacial score (nSPS) is 14.8. The maximum atomic E-state index is 12.6. The van der Waals surface area contributed by atoms with Crippen LogP contribution in [0.5, 0.6) is 0 Å². The van der Waals surface area contributed by atoms with Gasteiger partial charge in [0.05, 0.1) is 17.1 Å². The average Bonchev–Trinajstić information content (AvgIpc) is 3.19. The summed E-state index contributed by atoms with van der Waals surface area (Å²) in [5, 5.41) is 0. The van der Waals surface area contributed by atoms with Crippen molar-refractivity contribution in [1.29, 1.82) is 0 Å². The highest BCUT2D eigenvalue weighted by molar-refractivity contribution is 9.10. The Kier molecular flexibility index (Phi) is 6.55. The molecule has 0 fully saturated rings. The molecule has 8 nitrogen and oxygen atoms in total. The summed E-state index contributed by atoms with van der Waals surface area (Å²) in [5.41, 5.74) is 4.00. The Hall–Kier alpha value is -3.63. The van der Waals surface area contributed by atoms with E-state index in [1.54, 1.807) is 30.6 Å². The van der Waals surface area contributed by atoms with E-state index in [2.05, 4.69) is 25.9 Å². The van der Waals surface area contributed by atoms with Gasteiger partial charge in [0.2, 0.25) is 0 Å². The van der Waals surface area contributed by atoms with Crippen molar-refractivity contribution in [3.05, 3.63) is 106 Å². The third-order valence-electron chi connectivity index (χ3n) is 5.77. The Labute approximate surface area is 217 Å². The molecule has 1 aliphatic heterocycles. The Morgan fingerprint density at radius 1 is 1.06 bits per heavy atom. The van der Waals surface area contributed by atoms with E-state index in [0.717, 1.165) is 21.4 Å². The van der Waals surface area contributed by atoms with Crippen LogP contribution >= 0.6 is 15.9 Å². The van der Waals surface area contributed by atoms with E-state index in [9.17, 15) is 13.2 Å². The second-order valence-corrected chi connectivity index (χ2v) is 10.7. The minimum absolute atomic E-state index is 0.0736. The summed E-state index contributed by atoms with van der Waals surface area (Å²) in [5.74, 6) is -0.200. The number of aryl methyl sites for hydroxylation is 1. The zero-order valence-corrected chi connectivity index (χ0v) is 21.6. The van der Waals surface area contributed by atoms with Gasteiger partial charge in [-0.25, -0.2) is 4.98 Å². The SMILES string of the molecule is Cc1cnc2n1-c1ccc(Br)cc1C(c1ccccn1)=N[C@H]2CCC(=O)OS(=O)(=O)c1ccccc1. The van der Waals surface area contributed by atoms with Crippen molar-refractivity contribution in [1.82, 2.24) is 14.5 Å². The lowest BCUT2D eigenvalue weighted by atomic mass is 10.0. The Morgan fingerprint density at radius 2 is 1.83 bits per heavy atom. The van der Waals surface area contributed by atoms with E-state index in [1.165, 1.54) is 12.1 Å². The Bertz CT molecular complexity index is 1570. The number of hydrogen-bond donors (Lipinski definition) is 0. The minimum Gasteiger partial charge on any atom is -0.342 e. The molecular formula is C26H21BrN4O4S. The second-order valence-electron chi connectivity index (χ2n) is 8.22. The predicted octanol–water partition coefficient (Wildman–Crippen LogP) is 4.94. The molecule has 36 heavy (non-hydrogen) atoms. The third-order valence-corrected chi connectivity index (χ3v) is 7.52. The molecule has 0 radical (unpaired) electrons. The smallest absolute Gasteiger partial charge is 0.341 e. The summed E-state index contributed by atoms with van der Waals surface area (Å²) in [6.07, 6.45) is 3.49. The number of carbonyl (C=O) groups is 1. The van der Waals surface area contributed by atoms with Gasteiger partial charge in [-0.3, -0.25) is 19.3 Å². The predicted molar refractivity (Wildman–Crippen MR) is 138 cm³/mol.